The number of nitrogens with one attached hydrogen (secondary N) is 2. The quantitative estimate of drug-likeness (QED) is 0.651. The second kappa shape index (κ2) is 11.1. The van der Waals surface area contributed by atoms with Gasteiger partial charge in [0.05, 0.1) is 0 Å². The molecule has 3 rings (SSSR count). The zero-order chi connectivity index (χ0) is 25.2. The summed E-state index contributed by atoms with van der Waals surface area (Å²) in [5, 5.41) is 6.11. The summed E-state index contributed by atoms with van der Waals surface area (Å²) in [7, 11) is 3.59. The van der Waals surface area contributed by atoms with Crippen LogP contribution < -0.4 is 10.6 Å². The molecule has 34 heavy (non-hydrogen) atoms. The predicted octanol–water partition coefficient (Wildman–Crippen LogP) is 2.32. The van der Waals surface area contributed by atoms with Crippen molar-refractivity contribution in [2.45, 2.75) is 103 Å². The van der Waals surface area contributed by atoms with Gasteiger partial charge in [0.1, 0.15) is 12.1 Å². The number of hydrogen-bond donors (Lipinski definition) is 2. The summed E-state index contributed by atoms with van der Waals surface area (Å²) in [4.78, 5) is 56.7. The molecule has 0 aromatic heterocycles. The third-order valence-electron chi connectivity index (χ3n) is 7.99. The van der Waals surface area contributed by atoms with E-state index in [2.05, 4.69) is 10.6 Å². The molecule has 8 nitrogen and oxygen atoms in total. The van der Waals surface area contributed by atoms with Crippen molar-refractivity contribution >= 4 is 23.6 Å². The van der Waals surface area contributed by atoms with Crippen LogP contribution in [0.15, 0.2) is 0 Å². The Balaban J connectivity index is 1.88. The molecule has 1 saturated heterocycles. The molecule has 3 aliphatic rings. The summed E-state index contributed by atoms with van der Waals surface area (Å²) in [5.74, 6) is -0.218. The highest BCUT2D eigenvalue weighted by molar-refractivity contribution is 5.90. The molecule has 0 spiro atoms. The van der Waals surface area contributed by atoms with E-state index in [9.17, 15) is 19.2 Å². The molecule has 0 aromatic rings. The van der Waals surface area contributed by atoms with Crippen LogP contribution in [-0.2, 0) is 19.2 Å². The van der Waals surface area contributed by atoms with Crippen LogP contribution in [0.2, 0.25) is 0 Å². The van der Waals surface area contributed by atoms with Gasteiger partial charge < -0.3 is 20.4 Å². The average molecular weight is 477 g/mol. The SMILES string of the molecule is CC(C)C[C@@H]1NC(=O)[C@H]2CC[C@H](C2)N(C)C(=O)[C@H](CC(C)C)NC(=O)[C@H]2CC[C@H](C2)N(C)C1=O. The topological polar surface area (TPSA) is 98.8 Å². The lowest BCUT2D eigenvalue weighted by Crippen LogP contribution is -2.53. The first kappa shape index (κ1) is 26.5. The van der Waals surface area contributed by atoms with Crippen molar-refractivity contribution in [1.82, 2.24) is 20.4 Å². The Kier molecular flexibility index (Phi) is 8.63. The van der Waals surface area contributed by atoms with E-state index in [-0.39, 0.29) is 59.4 Å². The number of amides is 4. The zero-order valence-corrected chi connectivity index (χ0v) is 21.8. The maximum absolute atomic E-state index is 13.4. The predicted molar refractivity (Wildman–Crippen MR) is 131 cm³/mol. The smallest absolute Gasteiger partial charge is 0.245 e. The van der Waals surface area contributed by atoms with Crippen LogP contribution in [0.5, 0.6) is 0 Å². The molecule has 4 amide bonds. The third-order valence-corrected chi connectivity index (χ3v) is 7.99. The highest BCUT2D eigenvalue weighted by Gasteiger charge is 2.41. The molecule has 0 aromatic carbocycles. The first-order valence-corrected chi connectivity index (χ1v) is 13.1. The van der Waals surface area contributed by atoms with E-state index in [1.54, 1.807) is 23.9 Å². The summed E-state index contributed by atoms with van der Waals surface area (Å²) in [6.45, 7) is 8.20. The van der Waals surface area contributed by atoms with Crippen LogP contribution >= 0.6 is 0 Å². The normalized spacial score (nSPS) is 33.6. The molecule has 192 valence electrons. The first-order chi connectivity index (χ1) is 16.0. The Morgan fingerprint density at radius 1 is 0.676 bits per heavy atom. The maximum atomic E-state index is 13.4. The van der Waals surface area contributed by atoms with Crippen LogP contribution in [0.25, 0.3) is 0 Å². The van der Waals surface area contributed by atoms with Gasteiger partial charge in [-0.05, 0) is 63.2 Å². The van der Waals surface area contributed by atoms with Crippen LogP contribution in [0, 0.1) is 23.7 Å². The van der Waals surface area contributed by atoms with E-state index >= 15 is 0 Å². The monoisotopic (exact) mass is 476 g/mol. The van der Waals surface area contributed by atoms with Crippen molar-refractivity contribution in [2.75, 3.05) is 14.1 Å². The molecule has 4 bridgehead atoms. The van der Waals surface area contributed by atoms with E-state index in [4.69, 9.17) is 0 Å². The molecule has 8 heteroatoms. The van der Waals surface area contributed by atoms with Gasteiger partial charge in [0, 0.05) is 38.0 Å². The van der Waals surface area contributed by atoms with E-state index in [1.165, 1.54) is 0 Å². The van der Waals surface area contributed by atoms with E-state index < -0.39 is 12.1 Å². The fourth-order valence-corrected chi connectivity index (χ4v) is 5.91. The van der Waals surface area contributed by atoms with Crippen molar-refractivity contribution in [3.63, 3.8) is 0 Å². The van der Waals surface area contributed by atoms with Gasteiger partial charge in [0.25, 0.3) is 0 Å². The van der Waals surface area contributed by atoms with Gasteiger partial charge in [-0.3, -0.25) is 19.2 Å². The van der Waals surface area contributed by atoms with E-state index in [0.717, 1.165) is 12.8 Å². The number of rotatable bonds is 4. The third kappa shape index (κ3) is 6.11. The Labute approximate surface area is 204 Å². The van der Waals surface area contributed by atoms with Crippen LogP contribution in [-0.4, -0.2) is 71.7 Å². The average Bonchev–Trinajstić information content (AvgIpc) is 3.45. The van der Waals surface area contributed by atoms with Crippen LogP contribution in [0.4, 0.5) is 0 Å². The highest BCUT2D eigenvalue weighted by atomic mass is 16.2. The molecular weight excluding hydrogens is 432 g/mol. The molecule has 2 aliphatic carbocycles. The largest absolute Gasteiger partial charge is 0.344 e. The van der Waals surface area contributed by atoms with E-state index in [0.29, 0.717) is 38.5 Å². The molecule has 1 aliphatic heterocycles. The second-order valence-corrected chi connectivity index (χ2v) is 11.6. The zero-order valence-electron chi connectivity index (χ0n) is 21.8. The van der Waals surface area contributed by atoms with Crippen LogP contribution in [0.1, 0.15) is 79.1 Å². The molecule has 0 unspecified atom stereocenters. The summed E-state index contributed by atoms with van der Waals surface area (Å²) in [6, 6.07) is -1.21. The molecule has 1 heterocycles. The van der Waals surface area contributed by atoms with Crippen molar-refractivity contribution < 1.29 is 19.2 Å². The minimum absolute atomic E-state index is 0.0412. The minimum atomic E-state index is -0.563. The van der Waals surface area contributed by atoms with Crippen LogP contribution in [0.3, 0.4) is 0 Å². The number of hydrogen-bond acceptors (Lipinski definition) is 4. The van der Waals surface area contributed by atoms with Crippen molar-refractivity contribution in [1.29, 1.82) is 0 Å². The number of likely N-dealkylation sites (N-methyl/N-ethyl adjacent to an activating group) is 2. The Morgan fingerprint density at radius 3 is 1.35 bits per heavy atom. The Hall–Kier alpha value is -2.12. The number of carbonyl (C=O) groups is 4. The molecule has 3 fully saturated rings. The lowest BCUT2D eigenvalue weighted by atomic mass is 9.98. The van der Waals surface area contributed by atoms with Gasteiger partial charge in [-0.2, -0.15) is 0 Å². The number of nitrogens with zero attached hydrogens (tertiary/aromatic N) is 2. The highest BCUT2D eigenvalue weighted by Crippen LogP contribution is 2.32. The number of carbonyl (C=O) groups excluding carboxylic acids is 4. The van der Waals surface area contributed by atoms with Gasteiger partial charge in [-0.15, -0.1) is 0 Å². The molecule has 6 atom stereocenters. The fourth-order valence-electron chi connectivity index (χ4n) is 5.91. The van der Waals surface area contributed by atoms with Crippen molar-refractivity contribution in [3.05, 3.63) is 0 Å². The van der Waals surface area contributed by atoms with Gasteiger partial charge in [-0.25, -0.2) is 0 Å². The van der Waals surface area contributed by atoms with Gasteiger partial charge in [-0.1, -0.05) is 27.7 Å². The Morgan fingerprint density at radius 2 is 1.03 bits per heavy atom. The fraction of sp³-hybridized carbons (Fsp3) is 0.846. The molecule has 2 saturated carbocycles. The van der Waals surface area contributed by atoms with Gasteiger partial charge >= 0.3 is 0 Å². The molecule has 2 N–H and O–H groups in total. The standard InChI is InChI=1S/C26H44N4O4/c1-15(2)11-21-25(33)29(5)19-9-8-18(14-19)24(32)28-22(12-16(3)4)26(34)30(6)20-10-7-17(13-20)23(31)27-21/h15-22H,7-14H2,1-6H3,(H,27,31)(H,28,32)/t17-,18-,19+,20+,21-,22-/m0/s1. The Bertz CT molecular complexity index is 719. The molecule has 0 radical (unpaired) electrons. The summed E-state index contributed by atoms with van der Waals surface area (Å²) in [6.07, 6.45) is 5.21. The van der Waals surface area contributed by atoms with Crippen molar-refractivity contribution in [2.24, 2.45) is 23.7 Å². The first-order valence-electron chi connectivity index (χ1n) is 13.1. The lowest BCUT2D eigenvalue weighted by Gasteiger charge is -2.32. The summed E-state index contributed by atoms with van der Waals surface area (Å²) < 4.78 is 0. The maximum Gasteiger partial charge on any atom is 0.245 e. The van der Waals surface area contributed by atoms with Gasteiger partial charge in [0.15, 0.2) is 0 Å². The van der Waals surface area contributed by atoms with Crippen molar-refractivity contribution in [3.8, 4) is 0 Å². The lowest BCUT2D eigenvalue weighted by molar-refractivity contribution is -0.140. The summed E-state index contributed by atoms with van der Waals surface area (Å²) in [5.41, 5.74) is 0. The second-order valence-electron chi connectivity index (χ2n) is 11.6. The summed E-state index contributed by atoms with van der Waals surface area (Å²) >= 11 is 0. The minimum Gasteiger partial charge on any atom is -0.344 e. The number of fused-ring (bicyclic) bond motifs is 4. The van der Waals surface area contributed by atoms with Gasteiger partial charge in [0.2, 0.25) is 23.6 Å². The molecular formula is C26H44N4O4. The van der Waals surface area contributed by atoms with E-state index in [1.807, 2.05) is 27.7 Å².